The van der Waals surface area contributed by atoms with Crippen LogP contribution in [0.3, 0.4) is 0 Å². The van der Waals surface area contributed by atoms with Crippen LogP contribution in [-0.2, 0) is 11.3 Å². The Hall–Kier alpha value is -1.49. The van der Waals surface area contributed by atoms with Crippen molar-refractivity contribution in [2.45, 2.75) is 20.4 Å². The lowest BCUT2D eigenvalue weighted by Gasteiger charge is -2.34. The van der Waals surface area contributed by atoms with Crippen molar-refractivity contribution < 1.29 is 13.6 Å². The molecule has 1 aromatic rings. The SMILES string of the molecule is CCN(Cc1c(F)cccc1F)C(=O)C(C)C1CNC1. The van der Waals surface area contributed by atoms with E-state index in [1.807, 2.05) is 13.8 Å². The molecule has 1 saturated heterocycles. The number of nitrogens with zero attached hydrogens (tertiary/aromatic N) is 1. The summed E-state index contributed by atoms with van der Waals surface area (Å²) in [7, 11) is 0. The zero-order valence-electron chi connectivity index (χ0n) is 11.8. The Morgan fingerprint density at radius 3 is 2.45 bits per heavy atom. The van der Waals surface area contributed by atoms with Gasteiger partial charge in [0.05, 0.1) is 6.54 Å². The number of halogens is 2. The first-order valence-corrected chi connectivity index (χ1v) is 6.97. The summed E-state index contributed by atoms with van der Waals surface area (Å²) in [6.07, 6.45) is 0. The number of carbonyl (C=O) groups excluding carboxylic acids is 1. The molecule has 1 aliphatic rings. The van der Waals surface area contributed by atoms with Gasteiger partial charge in [-0.25, -0.2) is 8.78 Å². The van der Waals surface area contributed by atoms with E-state index < -0.39 is 11.6 Å². The molecule has 1 aromatic carbocycles. The van der Waals surface area contributed by atoms with Gasteiger partial charge in [-0.05, 0) is 38.1 Å². The molecule has 1 atom stereocenters. The number of amides is 1. The molecule has 1 unspecified atom stereocenters. The molecule has 1 amide bonds. The van der Waals surface area contributed by atoms with Crippen molar-refractivity contribution in [2.75, 3.05) is 19.6 Å². The van der Waals surface area contributed by atoms with Gasteiger partial charge in [0.1, 0.15) is 11.6 Å². The molecule has 0 saturated carbocycles. The number of carbonyl (C=O) groups is 1. The van der Waals surface area contributed by atoms with Gasteiger partial charge in [0.15, 0.2) is 0 Å². The van der Waals surface area contributed by atoms with Crippen LogP contribution in [-0.4, -0.2) is 30.4 Å². The van der Waals surface area contributed by atoms with Crippen molar-refractivity contribution in [3.63, 3.8) is 0 Å². The molecule has 0 spiro atoms. The first kappa shape index (κ1) is 14.9. The first-order chi connectivity index (χ1) is 9.54. The molecule has 1 fully saturated rings. The van der Waals surface area contributed by atoms with Crippen molar-refractivity contribution in [3.05, 3.63) is 35.4 Å². The highest BCUT2D eigenvalue weighted by Crippen LogP contribution is 2.21. The van der Waals surface area contributed by atoms with Crippen LogP contribution < -0.4 is 5.32 Å². The van der Waals surface area contributed by atoms with Crippen LogP contribution in [0.4, 0.5) is 8.78 Å². The van der Waals surface area contributed by atoms with Gasteiger partial charge < -0.3 is 10.2 Å². The molecule has 1 N–H and O–H groups in total. The van der Waals surface area contributed by atoms with Crippen molar-refractivity contribution in [3.8, 4) is 0 Å². The third-order valence-corrected chi connectivity index (χ3v) is 4.01. The van der Waals surface area contributed by atoms with E-state index in [1.165, 1.54) is 23.1 Å². The zero-order valence-corrected chi connectivity index (χ0v) is 11.8. The minimum atomic E-state index is -0.603. The van der Waals surface area contributed by atoms with Gasteiger partial charge in [0.2, 0.25) is 5.91 Å². The monoisotopic (exact) mass is 282 g/mol. The Kier molecular flexibility index (Phi) is 4.70. The lowest BCUT2D eigenvalue weighted by atomic mass is 9.88. The Balaban J connectivity index is 2.10. The second-order valence-electron chi connectivity index (χ2n) is 5.26. The van der Waals surface area contributed by atoms with Crippen molar-refractivity contribution in [2.24, 2.45) is 11.8 Å². The molecular formula is C15H20F2N2O. The molecule has 1 heterocycles. The number of rotatable bonds is 5. The molecule has 0 radical (unpaired) electrons. The van der Waals surface area contributed by atoms with Crippen LogP contribution in [0.25, 0.3) is 0 Å². The fourth-order valence-electron chi connectivity index (χ4n) is 2.37. The Labute approximate surface area is 118 Å². The summed E-state index contributed by atoms with van der Waals surface area (Å²) in [4.78, 5) is 13.9. The van der Waals surface area contributed by atoms with Crippen LogP contribution in [0.2, 0.25) is 0 Å². The Bertz CT molecular complexity index is 469. The summed E-state index contributed by atoms with van der Waals surface area (Å²) in [5.74, 6) is -1.04. The van der Waals surface area contributed by atoms with E-state index in [1.54, 1.807) is 0 Å². The number of benzene rings is 1. The molecule has 0 bridgehead atoms. The largest absolute Gasteiger partial charge is 0.338 e. The fourth-order valence-corrected chi connectivity index (χ4v) is 2.37. The second-order valence-corrected chi connectivity index (χ2v) is 5.26. The van der Waals surface area contributed by atoms with Crippen LogP contribution in [0, 0.1) is 23.5 Å². The Morgan fingerprint density at radius 2 is 2.00 bits per heavy atom. The van der Waals surface area contributed by atoms with E-state index in [-0.39, 0.29) is 23.9 Å². The third kappa shape index (κ3) is 2.98. The topological polar surface area (TPSA) is 32.3 Å². The zero-order chi connectivity index (χ0) is 14.7. The van der Waals surface area contributed by atoms with Gasteiger partial charge in [0.25, 0.3) is 0 Å². The highest BCUT2D eigenvalue weighted by atomic mass is 19.1. The van der Waals surface area contributed by atoms with E-state index in [9.17, 15) is 13.6 Å². The van der Waals surface area contributed by atoms with Gasteiger partial charge in [-0.2, -0.15) is 0 Å². The fraction of sp³-hybridized carbons (Fsp3) is 0.533. The number of nitrogens with one attached hydrogen (secondary N) is 1. The molecular weight excluding hydrogens is 262 g/mol. The summed E-state index contributed by atoms with van der Waals surface area (Å²) < 4.78 is 27.3. The predicted octanol–water partition coefficient (Wildman–Crippen LogP) is 2.17. The summed E-state index contributed by atoms with van der Waals surface area (Å²) in [6, 6.07) is 3.76. The van der Waals surface area contributed by atoms with E-state index in [0.717, 1.165) is 13.1 Å². The van der Waals surface area contributed by atoms with Crippen LogP contribution in [0.5, 0.6) is 0 Å². The average Bonchev–Trinajstić information content (AvgIpc) is 2.36. The molecule has 20 heavy (non-hydrogen) atoms. The predicted molar refractivity (Wildman–Crippen MR) is 73.0 cm³/mol. The molecule has 3 nitrogen and oxygen atoms in total. The van der Waals surface area contributed by atoms with E-state index in [2.05, 4.69) is 5.32 Å². The molecule has 2 rings (SSSR count). The van der Waals surface area contributed by atoms with Gasteiger partial charge in [-0.3, -0.25) is 4.79 Å². The maximum absolute atomic E-state index is 13.7. The second kappa shape index (κ2) is 6.31. The van der Waals surface area contributed by atoms with Crippen molar-refractivity contribution in [1.82, 2.24) is 10.2 Å². The Morgan fingerprint density at radius 1 is 1.40 bits per heavy atom. The molecule has 1 aliphatic heterocycles. The number of hydrogen-bond donors (Lipinski definition) is 1. The van der Waals surface area contributed by atoms with E-state index in [0.29, 0.717) is 12.5 Å². The highest BCUT2D eigenvalue weighted by Gasteiger charge is 2.31. The van der Waals surface area contributed by atoms with Crippen molar-refractivity contribution in [1.29, 1.82) is 0 Å². The molecule has 0 aliphatic carbocycles. The lowest BCUT2D eigenvalue weighted by Crippen LogP contribution is -2.50. The van der Waals surface area contributed by atoms with E-state index >= 15 is 0 Å². The number of hydrogen-bond acceptors (Lipinski definition) is 2. The molecule has 0 aromatic heterocycles. The first-order valence-electron chi connectivity index (χ1n) is 6.97. The summed E-state index contributed by atoms with van der Waals surface area (Å²) in [5.41, 5.74) is -0.0402. The quantitative estimate of drug-likeness (QED) is 0.897. The van der Waals surface area contributed by atoms with E-state index in [4.69, 9.17) is 0 Å². The average molecular weight is 282 g/mol. The summed E-state index contributed by atoms with van der Waals surface area (Å²) >= 11 is 0. The van der Waals surface area contributed by atoms with Gasteiger partial charge in [-0.1, -0.05) is 13.0 Å². The maximum Gasteiger partial charge on any atom is 0.226 e. The van der Waals surface area contributed by atoms with Gasteiger partial charge in [-0.15, -0.1) is 0 Å². The smallest absolute Gasteiger partial charge is 0.226 e. The standard InChI is InChI=1S/C15H20F2N2O/c1-3-19(15(20)10(2)11-7-18-8-11)9-12-13(16)5-4-6-14(12)17/h4-6,10-11,18H,3,7-9H2,1-2H3. The minimum absolute atomic E-state index is 0.0155. The van der Waals surface area contributed by atoms with Crippen molar-refractivity contribution >= 4 is 5.91 Å². The summed E-state index contributed by atoms with van der Waals surface area (Å²) in [5, 5.41) is 3.13. The molecule has 5 heteroatoms. The maximum atomic E-state index is 13.7. The van der Waals surface area contributed by atoms with Crippen LogP contribution in [0.15, 0.2) is 18.2 Å². The third-order valence-electron chi connectivity index (χ3n) is 4.01. The summed E-state index contributed by atoms with van der Waals surface area (Å²) in [6.45, 7) is 5.79. The molecule has 110 valence electrons. The van der Waals surface area contributed by atoms with Crippen LogP contribution >= 0.6 is 0 Å². The van der Waals surface area contributed by atoms with Gasteiger partial charge >= 0.3 is 0 Å². The lowest BCUT2D eigenvalue weighted by molar-refractivity contribution is -0.137. The van der Waals surface area contributed by atoms with Crippen LogP contribution in [0.1, 0.15) is 19.4 Å². The minimum Gasteiger partial charge on any atom is -0.338 e. The van der Waals surface area contributed by atoms with Gasteiger partial charge in [0, 0.05) is 18.0 Å². The highest BCUT2D eigenvalue weighted by molar-refractivity contribution is 5.79. The normalized spacial score (nSPS) is 16.6.